The van der Waals surface area contributed by atoms with Gasteiger partial charge in [-0.25, -0.2) is 9.18 Å². The van der Waals surface area contributed by atoms with Crippen molar-refractivity contribution in [3.63, 3.8) is 0 Å². The van der Waals surface area contributed by atoms with E-state index in [-0.39, 0.29) is 5.75 Å². The zero-order valence-corrected chi connectivity index (χ0v) is 9.99. The van der Waals surface area contributed by atoms with Crippen LogP contribution in [-0.4, -0.2) is 28.4 Å². The van der Waals surface area contributed by atoms with Crippen molar-refractivity contribution in [2.24, 2.45) is 0 Å². The molecule has 1 unspecified atom stereocenters. The Labute approximate surface area is 99.8 Å². The van der Waals surface area contributed by atoms with Gasteiger partial charge < -0.3 is 14.9 Å². The van der Waals surface area contributed by atoms with E-state index in [9.17, 15) is 14.3 Å². The van der Waals surface area contributed by atoms with E-state index in [2.05, 4.69) is 15.9 Å². The number of carbonyl (C=O) groups is 1. The summed E-state index contributed by atoms with van der Waals surface area (Å²) in [4.78, 5) is 10.6. The molecule has 0 saturated carbocycles. The van der Waals surface area contributed by atoms with Crippen molar-refractivity contribution >= 4 is 21.9 Å². The molecule has 1 atom stereocenters. The van der Waals surface area contributed by atoms with Crippen LogP contribution in [0.25, 0.3) is 0 Å². The summed E-state index contributed by atoms with van der Waals surface area (Å²) in [6.45, 7) is 0.641. The number of aliphatic carboxylic acids is 1. The van der Waals surface area contributed by atoms with E-state index in [4.69, 9.17) is 9.84 Å². The maximum atomic E-state index is 12.9. The van der Waals surface area contributed by atoms with E-state index < -0.39 is 24.0 Å². The number of ether oxygens (including phenoxy) is 1. The topological polar surface area (TPSA) is 66.8 Å². The van der Waals surface area contributed by atoms with Gasteiger partial charge in [-0.1, -0.05) is 15.9 Å². The van der Waals surface area contributed by atoms with Crippen molar-refractivity contribution < 1.29 is 24.1 Å². The van der Waals surface area contributed by atoms with Gasteiger partial charge in [-0.15, -0.1) is 0 Å². The van der Waals surface area contributed by atoms with Gasteiger partial charge in [-0.2, -0.15) is 0 Å². The second-order valence-electron chi connectivity index (χ2n) is 3.47. The van der Waals surface area contributed by atoms with Crippen LogP contribution in [0.1, 0.15) is 6.92 Å². The largest absolute Gasteiger partial charge is 0.490 e. The number of benzene rings is 1. The molecule has 1 aromatic carbocycles. The molecule has 0 bridgehead atoms. The van der Waals surface area contributed by atoms with Crippen LogP contribution in [0.2, 0.25) is 0 Å². The quantitative estimate of drug-likeness (QED) is 0.888. The van der Waals surface area contributed by atoms with Crippen molar-refractivity contribution in [2.75, 3.05) is 6.61 Å². The highest BCUT2D eigenvalue weighted by Gasteiger charge is 2.30. The first-order valence-electron chi connectivity index (χ1n) is 4.36. The lowest BCUT2D eigenvalue weighted by atomic mass is 10.1. The zero-order valence-electron chi connectivity index (χ0n) is 8.41. The molecular weight excluding hydrogens is 283 g/mol. The van der Waals surface area contributed by atoms with E-state index >= 15 is 0 Å². The first-order chi connectivity index (χ1) is 7.31. The molecule has 0 spiro atoms. The lowest BCUT2D eigenvalue weighted by molar-refractivity contribution is -0.159. The Morgan fingerprint density at radius 2 is 2.19 bits per heavy atom. The van der Waals surface area contributed by atoms with Gasteiger partial charge in [0, 0.05) is 10.5 Å². The van der Waals surface area contributed by atoms with Crippen molar-refractivity contribution in [3.8, 4) is 5.75 Å². The van der Waals surface area contributed by atoms with E-state index in [1.165, 1.54) is 12.1 Å². The Morgan fingerprint density at radius 3 is 2.69 bits per heavy atom. The molecule has 0 aliphatic carbocycles. The Balaban J connectivity index is 2.71. The van der Waals surface area contributed by atoms with E-state index in [1.54, 1.807) is 0 Å². The Kier molecular flexibility index (Phi) is 3.88. The third-order valence-corrected chi connectivity index (χ3v) is 2.27. The summed E-state index contributed by atoms with van der Waals surface area (Å²) in [5.41, 5.74) is -2.00. The van der Waals surface area contributed by atoms with Gasteiger partial charge in [0.15, 0.2) is 5.60 Å². The van der Waals surface area contributed by atoms with Crippen LogP contribution < -0.4 is 4.74 Å². The van der Waals surface area contributed by atoms with Crippen molar-refractivity contribution in [2.45, 2.75) is 12.5 Å². The number of carboxylic acids is 1. The van der Waals surface area contributed by atoms with Crippen molar-refractivity contribution in [1.29, 1.82) is 0 Å². The molecule has 0 aliphatic heterocycles. The summed E-state index contributed by atoms with van der Waals surface area (Å²) in [7, 11) is 0. The number of carboxylic acid groups (broad SMARTS) is 1. The molecule has 2 N–H and O–H groups in total. The first kappa shape index (κ1) is 12.9. The molecule has 4 nitrogen and oxygen atoms in total. The molecule has 0 heterocycles. The second-order valence-corrected chi connectivity index (χ2v) is 4.39. The third-order valence-electron chi connectivity index (χ3n) is 1.82. The minimum atomic E-state index is -2.00. The zero-order chi connectivity index (χ0) is 12.3. The molecule has 0 radical (unpaired) electrons. The fourth-order valence-electron chi connectivity index (χ4n) is 0.897. The molecule has 1 rings (SSSR count). The molecule has 0 aliphatic rings. The minimum Gasteiger partial charge on any atom is -0.490 e. The molecule has 6 heteroatoms. The van der Waals surface area contributed by atoms with Crippen LogP contribution in [0.15, 0.2) is 22.7 Å². The van der Waals surface area contributed by atoms with Crippen LogP contribution in [0.3, 0.4) is 0 Å². The molecule has 1 aromatic rings. The standard InChI is InChI=1S/C10H10BrFO4/c1-10(15,9(13)14)5-16-8-3-6(11)2-7(12)4-8/h2-4,15H,5H2,1H3,(H,13,14). The van der Waals surface area contributed by atoms with Crippen LogP contribution in [0, 0.1) is 5.82 Å². The summed E-state index contributed by atoms with van der Waals surface area (Å²) in [6, 6.07) is 3.81. The van der Waals surface area contributed by atoms with E-state index in [1.807, 2.05) is 0 Å². The van der Waals surface area contributed by atoms with Crippen LogP contribution in [0.5, 0.6) is 5.75 Å². The second kappa shape index (κ2) is 4.80. The Hall–Kier alpha value is -1.14. The van der Waals surface area contributed by atoms with Crippen LogP contribution in [0.4, 0.5) is 4.39 Å². The summed E-state index contributed by atoms with van der Waals surface area (Å²) in [5, 5.41) is 18.0. The van der Waals surface area contributed by atoms with Gasteiger partial charge in [0.1, 0.15) is 18.2 Å². The minimum absolute atomic E-state index is 0.147. The molecule has 16 heavy (non-hydrogen) atoms. The van der Waals surface area contributed by atoms with Gasteiger partial charge in [-0.05, 0) is 19.1 Å². The maximum absolute atomic E-state index is 12.9. The molecule has 0 aromatic heterocycles. The molecule has 88 valence electrons. The summed E-state index contributed by atoms with van der Waals surface area (Å²) in [5.74, 6) is -1.77. The first-order valence-corrected chi connectivity index (χ1v) is 5.15. The fourth-order valence-corrected chi connectivity index (χ4v) is 1.34. The van der Waals surface area contributed by atoms with Crippen molar-refractivity contribution in [3.05, 3.63) is 28.5 Å². The monoisotopic (exact) mass is 292 g/mol. The normalized spacial score (nSPS) is 14.2. The molecule has 0 amide bonds. The molecule has 0 fully saturated rings. The highest BCUT2D eigenvalue weighted by Crippen LogP contribution is 2.21. The third kappa shape index (κ3) is 3.46. The van der Waals surface area contributed by atoms with Gasteiger partial charge in [0.05, 0.1) is 0 Å². The van der Waals surface area contributed by atoms with Crippen LogP contribution in [-0.2, 0) is 4.79 Å². The fraction of sp³-hybridized carbons (Fsp3) is 0.300. The van der Waals surface area contributed by atoms with Crippen LogP contribution >= 0.6 is 15.9 Å². The van der Waals surface area contributed by atoms with Crippen molar-refractivity contribution in [1.82, 2.24) is 0 Å². The average Bonchev–Trinajstić information content (AvgIpc) is 2.13. The number of halogens is 2. The number of rotatable bonds is 4. The van der Waals surface area contributed by atoms with Gasteiger partial charge >= 0.3 is 5.97 Å². The predicted molar refractivity (Wildman–Crippen MR) is 57.9 cm³/mol. The summed E-state index contributed by atoms with van der Waals surface area (Å²) < 4.78 is 18.4. The number of hydrogen-bond acceptors (Lipinski definition) is 3. The average molecular weight is 293 g/mol. The lowest BCUT2D eigenvalue weighted by Gasteiger charge is -2.18. The number of aliphatic hydroxyl groups is 1. The van der Waals surface area contributed by atoms with Gasteiger partial charge in [0.2, 0.25) is 0 Å². The SMILES string of the molecule is CC(O)(COc1cc(F)cc(Br)c1)C(=O)O. The van der Waals surface area contributed by atoms with E-state index in [0.29, 0.717) is 4.47 Å². The summed E-state index contributed by atoms with van der Waals surface area (Å²) in [6.07, 6.45) is 0. The molecular formula is C10H10BrFO4. The van der Waals surface area contributed by atoms with E-state index in [0.717, 1.165) is 13.0 Å². The predicted octanol–water partition coefficient (Wildman–Crippen LogP) is 1.80. The van der Waals surface area contributed by atoms with Gasteiger partial charge in [-0.3, -0.25) is 0 Å². The lowest BCUT2D eigenvalue weighted by Crippen LogP contribution is -2.41. The summed E-state index contributed by atoms with van der Waals surface area (Å²) >= 11 is 3.06. The maximum Gasteiger partial charge on any atom is 0.339 e. The highest BCUT2D eigenvalue weighted by molar-refractivity contribution is 9.10. The molecule has 0 saturated heterocycles. The smallest absolute Gasteiger partial charge is 0.339 e. The Bertz CT molecular complexity index is 386. The van der Waals surface area contributed by atoms with Gasteiger partial charge in [0.25, 0.3) is 0 Å². The number of hydrogen-bond donors (Lipinski definition) is 2. The highest BCUT2D eigenvalue weighted by atomic mass is 79.9. The Morgan fingerprint density at radius 1 is 1.56 bits per heavy atom.